The van der Waals surface area contributed by atoms with E-state index in [1.54, 1.807) is 0 Å². The molecule has 0 aliphatic carbocycles. The van der Waals surface area contributed by atoms with Crippen molar-refractivity contribution in [1.29, 1.82) is 0 Å². The van der Waals surface area contributed by atoms with Crippen LogP contribution in [-0.2, 0) is 23.8 Å². The van der Waals surface area contributed by atoms with Crippen molar-refractivity contribution in [1.82, 2.24) is 4.90 Å². The minimum Gasteiger partial charge on any atom is -0.481 e. The third-order valence-electron chi connectivity index (χ3n) is 3.02. The number of carboxylic acids is 1. The number of rotatable bonds is 11. The number of hydrogen-bond donors (Lipinski definition) is 1. The van der Waals surface area contributed by atoms with Crippen LogP contribution in [0, 0.1) is 5.92 Å². The zero-order chi connectivity index (χ0) is 14.8. The number of amides is 1. The van der Waals surface area contributed by atoms with E-state index >= 15 is 0 Å². The average Bonchev–Trinajstić information content (AvgIpc) is 2.79. The number of likely N-dealkylation sites (tertiary alicyclic amines) is 1. The Balaban J connectivity index is 1.96. The first-order valence-corrected chi connectivity index (χ1v) is 6.89. The number of hydrogen-bond acceptors (Lipinski definition) is 5. The lowest BCUT2D eigenvalue weighted by atomic mass is 10.1. The number of ether oxygens (including phenoxy) is 3. The van der Waals surface area contributed by atoms with E-state index in [0.29, 0.717) is 46.2 Å². The maximum Gasteiger partial charge on any atom is 0.308 e. The highest BCUT2D eigenvalue weighted by Crippen LogP contribution is 2.17. The fraction of sp³-hybridized carbons (Fsp3) is 0.846. The number of aliphatic carboxylic acids is 1. The smallest absolute Gasteiger partial charge is 0.308 e. The van der Waals surface area contributed by atoms with Crippen LogP contribution in [-0.4, -0.2) is 74.6 Å². The van der Waals surface area contributed by atoms with Crippen LogP contribution < -0.4 is 0 Å². The van der Waals surface area contributed by atoms with Crippen LogP contribution >= 0.6 is 0 Å². The maximum absolute atomic E-state index is 11.5. The average molecular weight is 289 g/mol. The Hall–Kier alpha value is -1.18. The molecule has 1 unspecified atom stereocenters. The highest BCUT2D eigenvalue weighted by atomic mass is 16.5. The third kappa shape index (κ3) is 6.31. The molecule has 0 radical (unpaired) electrons. The molecule has 1 N–H and O–H groups in total. The first-order chi connectivity index (χ1) is 9.65. The second kappa shape index (κ2) is 9.68. The summed E-state index contributed by atoms with van der Waals surface area (Å²) in [6.45, 7) is 5.78. The van der Waals surface area contributed by atoms with E-state index in [0.717, 1.165) is 0 Å². The summed E-state index contributed by atoms with van der Waals surface area (Å²) < 4.78 is 15.7. The molecular weight excluding hydrogens is 266 g/mol. The molecule has 0 aromatic heterocycles. The van der Waals surface area contributed by atoms with E-state index in [1.807, 2.05) is 6.92 Å². The SMILES string of the molecule is CCOCCOCCOCCN1CC(C(=O)O)CC1=O. The first kappa shape index (κ1) is 16.9. The molecule has 20 heavy (non-hydrogen) atoms. The molecule has 1 rings (SSSR count). The molecule has 1 saturated heterocycles. The van der Waals surface area contributed by atoms with Crippen LogP contribution in [0.4, 0.5) is 0 Å². The lowest BCUT2D eigenvalue weighted by Gasteiger charge is -2.15. The molecule has 0 saturated carbocycles. The van der Waals surface area contributed by atoms with Crippen LogP contribution in [0.25, 0.3) is 0 Å². The summed E-state index contributed by atoms with van der Waals surface area (Å²) in [5.74, 6) is -1.61. The van der Waals surface area contributed by atoms with Crippen molar-refractivity contribution in [3.05, 3.63) is 0 Å². The number of carbonyl (C=O) groups is 2. The van der Waals surface area contributed by atoms with Gasteiger partial charge < -0.3 is 24.2 Å². The molecule has 0 spiro atoms. The van der Waals surface area contributed by atoms with Gasteiger partial charge in [-0.05, 0) is 6.92 Å². The lowest BCUT2D eigenvalue weighted by molar-refractivity contribution is -0.141. The van der Waals surface area contributed by atoms with Gasteiger partial charge in [-0.1, -0.05) is 0 Å². The fourth-order valence-electron chi connectivity index (χ4n) is 1.91. The van der Waals surface area contributed by atoms with Crippen molar-refractivity contribution in [3.63, 3.8) is 0 Å². The van der Waals surface area contributed by atoms with Gasteiger partial charge in [0.15, 0.2) is 0 Å². The zero-order valence-corrected chi connectivity index (χ0v) is 11.9. The Bertz CT molecular complexity index is 309. The molecule has 1 atom stereocenters. The van der Waals surface area contributed by atoms with E-state index < -0.39 is 11.9 Å². The van der Waals surface area contributed by atoms with Crippen molar-refractivity contribution in [2.75, 3.05) is 52.7 Å². The second-order valence-corrected chi connectivity index (χ2v) is 4.50. The molecule has 7 nitrogen and oxygen atoms in total. The summed E-state index contributed by atoms with van der Waals surface area (Å²) >= 11 is 0. The minimum atomic E-state index is -0.913. The molecule has 0 bridgehead atoms. The molecule has 0 aromatic carbocycles. The third-order valence-corrected chi connectivity index (χ3v) is 3.02. The normalized spacial score (nSPS) is 18.8. The first-order valence-electron chi connectivity index (χ1n) is 6.89. The van der Waals surface area contributed by atoms with Gasteiger partial charge in [0.05, 0.1) is 39.0 Å². The quantitative estimate of drug-likeness (QED) is 0.538. The van der Waals surface area contributed by atoms with Crippen LogP contribution in [0.3, 0.4) is 0 Å². The van der Waals surface area contributed by atoms with Gasteiger partial charge in [0.2, 0.25) is 5.91 Å². The highest BCUT2D eigenvalue weighted by Gasteiger charge is 2.33. The summed E-state index contributed by atoms with van der Waals surface area (Å²) in [5.41, 5.74) is 0. The van der Waals surface area contributed by atoms with Gasteiger partial charge in [-0.2, -0.15) is 0 Å². The van der Waals surface area contributed by atoms with Crippen molar-refractivity contribution in [2.24, 2.45) is 5.92 Å². The molecule has 1 aliphatic rings. The molecule has 1 fully saturated rings. The predicted molar refractivity (Wildman–Crippen MR) is 70.5 cm³/mol. The number of carboxylic acid groups (broad SMARTS) is 1. The Morgan fingerprint density at radius 1 is 1.20 bits per heavy atom. The van der Waals surface area contributed by atoms with Gasteiger partial charge in [0.25, 0.3) is 0 Å². The number of carbonyl (C=O) groups excluding carboxylic acids is 1. The summed E-state index contributed by atoms with van der Waals surface area (Å²) in [5, 5.41) is 8.84. The molecule has 1 amide bonds. The zero-order valence-electron chi connectivity index (χ0n) is 11.9. The van der Waals surface area contributed by atoms with E-state index in [-0.39, 0.29) is 18.9 Å². The number of nitrogens with zero attached hydrogens (tertiary/aromatic N) is 1. The summed E-state index contributed by atoms with van der Waals surface area (Å²) in [4.78, 5) is 23.8. The van der Waals surface area contributed by atoms with E-state index in [4.69, 9.17) is 19.3 Å². The second-order valence-electron chi connectivity index (χ2n) is 4.50. The van der Waals surface area contributed by atoms with Crippen LogP contribution in [0.5, 0.6) is 0 Å². The van der Waals surface area contributed by atoms with Gasteiger partial charge in [-0.3, -0.25) is 9.59 Å². The molecule has 1 aliphatic heterocycles. The Morgan fingerprint density at radius 3 is 2.35 bits per heavy atom. The lowest BCUT2D eigenvalue weighted by Crippen LogP contribution is -2.30. The van der Waals surface area contributed by atoms with Crippen LogP contribution in [0.2, 0.25) is 0 Å². The fourth-order valence-corrected chi connectivity index (χ4v) is 1.91. The Labute approximate surface area is 118 Å². The monoisotopic (exact) mass is 289 g/mol. The molecule has 116 valence electrons. The summed E-state index contributed by atoms with van der Waals surface area (Å²) in [6.07, 6.45) is 0.0931. The molecular formula is C13H23NO6. The topological polar surface area (TPSA) is 85.3 Å². The van der Waals surface area contributed by atoms with Crippen LogP contribution in [0.15, 0.2) is 0 Å². The van der Waals surface area contributed by atoms with Gasteiger partial charge in [-0.15, -0.1) is 0 Å². The Kier molecular flexibility index (Phi) is 8.17. The van der Waals surface area contributed by atoms with Gasteiger partial charge in [-0.25, -0.2) is 0 Å². The standard InChI is InChI=1S/C13H23NO6/c1-2-18-5-6-20-8-7-19-4-3-14-10-11(13(16)17)9-12(14)15/h11H,2-10H2,1H3,(H,16,17). The molecule has 0 aromatic rings. The van der Waals surface area contributed by atoms with Gasteiger partial charge >= 0.3 is 5.97 Å². The Morgan fingerprint density at radius 2 is 1.80 bits per heavy atom. The van der Waals surface area contributed by atoms with E-state index in [2.05, 4.69) is 0 Å². The van der Waals surface area contributed by atoms with Crippen molar-refractivity contribution >= 4 is 11.9 Å². The van der Waals surface area contributed by atoms with Gasteiger partial charge in [0.1, 0.15) is 0 Å². The van der Waals surface area contributed by atoms with Crippen LogP contribution in [0.1, 0.15) is 13.3 Å². The molecule has 1 heterocycles. The van der Waals surface area contributed by atoms with Crippen molar-refractivity contribution in [2.45, 2.75) is 13.3 Å². The van der Waals surface area contributed by atoms with Crippen molar-refractivity contribution < 1.29 is 28.9 Å². The maximum atomic E-state index is 11.5. The molecule has 7 heteroatoms. The predicted octanol–water partition coefficient (Wildman–Crippen LogP) is -0.0108. The van der Waals surface area contributed by atoms with E-state index in [9.17, 15) is 9.59 Å². The largest absolute Gasteiger partial charge is 0.481 e. The summed E-state index contributed by atoms with van der Waals surface area (Å²) in [6, 6.07) is 0. The van der Waals surface area contributed by atoms with Crippen molar-refractivity contribution in [3.8, 4) is 0 Å². The van der Waals surface area contributed by atoms with E-state index in [1.165, 1.54) is 4.90 Å². The highest BCUT2D eigenvalue weighted by molar-refractivity contribution is 5.86. The summed E-state index contributed by atoms with van der Waals surface area (Å²) in [7, 11) is 0. The van der Waals surface area contributed by atoms with Gasteiger partial charge in [0, 0.05) is 26.1 Å². The minimum absolute atomic E-state index is 0.0931.